The molecule has 0 radical (unpaired) electrons. The number of benzene rings is 1. The van der Waals surface area contributed by atoms with E-state index in [-0.39, 0.29) is 17.0 Å². The summed E-state index contributed by atoms with van der Waals surface area (Å²) in [6, 6.07) is 4.58. The van der Waals surface area contributed by atoms with E-state index in [9.17, 15) is 23.1 Å². The zero-order valence-corrected chi connectivity index (χ0v) is 16.7. The number of nitrogens with zero attached hydrogens (tertiary/aromatic N) is 1. The highest BCUT2D eigenvalue weighted by molar-refractivity contribution is 7.89. The number of carbonyl (C=O) groups is 2. The molecule has 2 rings (SSSR count). The van der Waals surface area contributed by atoms with Gasteiger partial charge < -0.3 is 10.4 Å². The van der Waals surface area contributed by atoms with Crippen molar-refractivity contribution >= 4 is 21.9 Å². The molecule has 7 nitrogen and oxygen atoms in total. The Labute approximate surface area is 160 Å². The van der Waals surface area contributed by atoms with E-state index in [1.807, 2.05) is 6.92 Å². The number of piperidine rings is 1. The molecule has 1 saturated heterocycles. The Balaban J connectivity index is 2.18. The van der Waals surface area contributed by atoms with Gasteiger partial charge in [-0.15, -0.1) is 0 Å². The number of nitrogens with one attached hydrogen (secondary N) is 1. The van der Waals surface area contributed by atoms with Gasteiger partial charge in [0, 0.05) is 25.2 Å². The van der Waals surface area contributed by atoms with Crippen LogP contribution in [0.15, 0.2) is 23.1 Å². The van der Waals surface area contributed by atoms with Crippen LogP contribution in [-0.4, -0.2) is 49.3 Å². The van der Waals surface area contributed by atoms with Gasteiger partial charge in [-0.3, -0.25) is 9.59 Å². The van der Waals surface area contributed by atoms with Gasteiger partial charge in [0.05, 0.1) is 10.8 Å². The fourth-order valence-corrected chi connectivity index (χ4v) is 5.01. The van der Waals surface area contributed by atoms with E-state index >= 15 is 0 Å². The van der Waals surface area contributed by atoms with Crippen LogP contribution < -0.4 is 5.32 Å². The zero-order chi connectivity index (χ0) is 20.0. The lowest BCUT2D eigenvalue weighted by Crippen LogP contribution is -2.36. The van der Waals surface area contributed by atoms with Crippen LogP contribution in [0.2, 0.25) is 0 Å². The molecule has 27 heavy (non-hydrogen) atoms. The van der Waals surface area contributed by atoms with Crippen LogP contribution in [0.5, 0.6) is 0 Å². The molecule has 1 aromatic rings. The molecule has 1 atom stereocenters. The summed E-state index contributed by atoms with van der Waals surface area (Å²) in [5.41, 5.74) is 0.809. The topological polar surface area (TPSA) is 104 Å². The highest BCUT2D eigenvalue weighted by atomic mass is 32.2. The van der Waals surface area contributed by atoms with Crippen LogP contribution in [0.1, 0.15) is 54.9 Å². The molecule has 0 aromatic heterocycles. The van der Waals surface area contributed by atoms with E-state index in [2.05, 4.69) is 5.32 Å². The maximum Gasteiger partial charge on any atom is 0.308 e. The summed E-state index contributed by atoms with van der Waals surface area (Å²) in [6.07, 6.45) is 3.88. The number of aliphatic carboxylic acids is 1. The lowest BCUT2D eigenvalue weighted by atomic mass is 10.0. The molecule has 0 spiro atoms. The van der Waals surface area contributed by atoms with Crippen molar-refractivity contribution in [2.24, 2.45) is 5.92 Å². The molecular formula is C19H28N2O5S. The molecule has 1 unspecified atom stereocenters. The molecule has 0 saturated carbocycles. The lowest BCUT2D eigenvalue weighted by molar-refractivity contribution is -0.141. The van der Waals surface area contributed by atoms with Gasteiger partial charge in [-0.1, -0.05) is 25.8 Å². The van der Waals surface area contributed by atoms with E-state index in [0.717, 1.165) is 19.3 Å². The summed E-state index contributed by atoms with van der Waals surface area (Å²) in [5, 5.41) is 11.8. The first-order valence-electron chi connectivity index (χ1n) is 9.39. The Kier molecular flexibility index (Phi) is 7.38. The molecule has 150 valence electrons. The van der Waals surface area contributed by atoms with E-state index in [1.54, 1.807) is 19.1 Å². The average Bonchev–Trinajstić information content (AvgIpc) is 2.65. The van der Waals surface area contributed by atoms with Crippen molar-refractivity contribution in [1.29, 1.82) is 0 Å². The third kappa shape index (κ3) is 5.29. The Bertz CT molecular complexity index is 785. The predicted octanol–water partition coefficient (Wildman–Crippen LogP) is 2.40. The number of sulfonamides is 1. The van der Waals surface area contributed by atoms with Crippen LogP contribution >= 0.6 is 0 Å². The van der Waals surface area contributed by atoms with Crippen molar-refractivity contribution in [3.8, 4) is 0 Å². The van der Waals surface area contributed by atoms with Crippen molar-refractivity contribution in [2.75, 3.05) is 19.6 Å². The standard InChI is InChI=1S/C19H28N2O5S/c1-3-7-16(19(23)24)13-20-18(22)15-9-8-14(2)17(12-15)27(25,26)21-10-5-4-6-11-21/h8-9,12,16H,3-7,10-11,13H2,1-2H3,(H,20,22)(H,23,24). The number of hydrogen-bond acceptors (Lipinski definition) is 4. The summed E-state index contributed by atoms with van der Waals surface area (Å²) >= 11 is 0. The van der Waals surface area contributed by atoms with Gasteiger partial charge in [0.15, 0.2) is 0 Å². The second kappa shape index (κ2) is 9.32. The average molecular weight is 397 g/mol. The predicted molar refractivity (Wildman–Crippen MR) is 102 cm³/mol. The van der Waals surface area contributed by atoms with Crippen molar-refractivity contribution in [2.45, 2.75) is 50.8 Å². The van der Waals surface area contributed by atoms with Crippen molar-refractivity contribution in [1.82, 2.24) is 9.62 Å². The molecule has 1 fully saturated rings. The van der Waals surface area contributed by atoms with Gasteiger partial charge in [-0.25, -0.2) is 8.42 Å². The molecule has 1 amide bonds. The molecular weight excluding hydrogens is 368 g/mol. The van der Waals surface area contributed by atoms with E-state index in [0.29, 0.717) is 31.5 Å². The number of carboxylic acids is 1. The first-order chi connectivity index (χ1) is 12.8. The monoisotopic (exact) mass is 396 g/mol. The fourth-order valence-electron chi connectivity index (χ4n) is 3.24. The van der Waals surface area contributed by atoms with E-state index < -0.39 is 27.8 Å². The third-order valence-corrected chi connectivity index (χ3v) is 6.92. The zero-order valence-electron chi connectivity index (χ0n) is 15.9. The van der Waals surface area contributed by atoms with Gasteiger partial charge in [0.25, 0.3) is 5.91 Å². The minimum atomic E-state index is -3.64. The third-order valence-electron chi connectivity index (χ3n) is 4.88. The SMILES string of the molecule is CCCC(CNC(=O)c1ccc(C)c(S(=O)(=O)N2CCCCC2)c1)C(=O)O. The number of carboxylic acid groups (broad SMARTS) is 1. The number of rotatable bonds is 8. The first kappa shape index (κ1) is 21.4. The Hall–Kier alpha value is -1.93. The van der Waals surface area contributed by atoms with Crippen LogP contribution in [0, 0.1) is 12.8 Å². The number of amides is 1. The largest absolute Gasteiger partial charge is 0.481 e. The Morgan fingerprint density at radius 3 is 2.48 bits per heavy atom. The molecule has 1 aromatic carbocycles. The minimum absolute atomic E-state index is 0.0179. The number of hydrogen-bond donors (Lipinski definition) is 2. The summed E-state index contributed by atoms with van der Waals surface area (Å²) in [5.74, 6) is -2.07. The van der Waals surface area contributed by atoms with Gasteiger partial charge in [-0.05, 0) is 43.9 Å². The van der Waals surface area contributed by atoms with Crippen molar-refractivity contribution in [3.05, 3.63) is 29.3 Å². The lowest BCUT2D eigenvalue weighted by Gasteiger charge is -2.26. The quantitative estimate of drug-likeness (QED) is 0.702. The summed E-state index contributed by atoms with van der Waals surface area (Å²) in [4.78, 5) is 23.8. The first-order valence-corrected chi connectivity index (χ1v) is 10.8. The second-order valence-corrected chi connectivity index (χ2v) is 8.89. The summed E-state index contributed by atoms with van der Waals surface area (Å²) in [6.45, 7) is 4.60. The number of aryl methyl sites for hydroxylation is 1. The van der Waals surface area contributed by atoms with Crippen molar-refractivity contribution in [3.63, 3.8) is 0 Å². The molecule has 1 aliphatic rings. The maximum atomic E-state index is 12.9. The summed E-state index contributed by atoms with van der Waals surface area (Å²) in [7, 11) is -3.64. The highest BCUT2D eigenvalue weighted by Crippen LogP contribution is 2.24. The van der Waals surface area contributed by atoms with Crippen LogP contribution in [0.3, 0.4) is 0 Å². The second-order valence-electron chi connectivity index (χ2n) is 6.98. The van der Waals surface area contributed by atoms with Gasteiger partial charge in [0.1, 0.15) is 0 Å². The van der Waals surface area contributed by atoms with Crippen LogP contribution in [0.4, 0.5) is 0 Å². The molecule has 1 aliphatic heterocycles. The number of carbonyl (C=O) groups excluding carboxylic acids is 1. The molecule has 0 aliphatic carbocycles. The van der Waals surface area contributed by atoms with Gasteiger partial charge in [0.2, 0.25) is 10.0 Å². The summed E-state index contributed by atoms with van der Waals surface area (Å²) < 4.78 is 27.4. The minimum Gasteiger partial charge on any atom is -0.481 e. The van der Waals surface area contributed by atoms with E-state index in [4.69, 9.17) is 0 Å². The van der Waals surface area contributed by atoms with Gasteiger partial charge in [-0.2, -0.15) is 4.31 Å². The fraction of sp³-hybridized carbons (Fsp3) is 0.579. The molecule has 1 heterocycles. The van der Waals surface area contributed by atoms with Gasteiger partial charge >= 0.3 is 5.97 Å². The molecule has 0 bridgehead atoms. The molecule has 2 N–H and O–H groups in total. The van der Waals surface area contributed by atoms with Crippen LogP contribution in [0.25, 0.3) is 0 Å². The highest BCUT2D eigenvalue weighted by Gasteiger charge is 2.28. The van der Waals surface area contributed by atoms with Crippen molar-refractivity contribution < 1.29 is 23.1 Å². The normalized spacial score (nSPS) is 16.7. The van der Waals surface area contributed by atoms with E-state index in [1.165, 1.54) is 10.4 Å². The molecule has 8 heteroatoms. The smallest absolute Gasteiger partial charge is 0.308 e. The maximum absolute atomic E-state index is 12.9. The Morgan fingerprint density at radius 2 is 1.89 bits per heavy atom. The van der Waals surface area contributed by atoms with Crippen LogP contribution in [-0.2, 0) is 14.8 Å². The Morgan fingerprint density at radius 1 is 1.22 bits per heavy atom.